The number of alkyl halides is 3. The third kappa shape index (κ3) is 6.79. The summed E-state index contributed by atoms with van der Waals surface area (Å²) in [5.41, 5.74) is 1.96. The van der Waals surface area contributed by atoms with Crippen molar-refractivity contribution in [3.05, 3.63) is 65.7 Å². The van der Waals surface area contributed by atoms with Gasteiger partial charge in [-0.3, -0.25) is 9.69 Å². The number of amides is 1. The van der Waals surface area contributed by atoms with Crippen LogP contribution in [0.1, 0.15) is 50.3 Å². The standard InChI is InChI=1S/C28H36F3N3O2/c1-20(2)25-19-33(16-17-34(25)26(35)18-21-12-14-32-15-13-21)27(22-6-4-3-5-7-22)23-8-10-24(11-9-23)36-28(29,30)31/h3-11,20-21,25,27,32H,12-19H2,1-2H3/t25-,27?/m1/s1. The van der Waals surface area contributed by atoms with Crippen LogP contribution >= 0.6 is 0 Å². The summed E-state index contributed by atoms with van der Waals surface area (Å²) in [6.45, 7) is 8.30. The fourth-order valence-electron chi connectivity index (χ4n) is 5.50. The second-order valence-electron chi connectivity index (χ2n) is 10.2. The molecule has 2 aliphatic heterocycles. The molecule has 2 atom stereocenters. The van der Waals surface area contributed by atoms with Crippen molar-refractivity contribution in [1.29, 1.82) is 0 Å². The molecule has 8 heteroatoms. The molecule has 0 radical (unpaired) electrons. The highest BCUT2D eigenvalue weighted by Gasteiger charge is 2.37. The molecule has 4 rings (SSSR count). The zero-order valence-electron chi connectivity index (χ0n) is 21.0. The second kappa shape index (κ2) is 11.6. The third-order valence-electron chi connectivity index (χ3n) is 7.37. The van der Waals surface area contributed by atoms with Crippen LogP contribution in [0.3, 0.4) is 0 Å². The number of rotatable bonds is 7. The molecule has 2 aromatic carbocycles. The van der Waals surface area contributed by atoms with Crippen molar-refractivity contribution >= 4 is 5.91 Å². The number of hydrogen-bond donors (Lipinski definition) is 1. The van der Waals surface area contributed by atoms with Gasteiger partial charge in [0.25, 0.3) is 0 Å². The van der Waals surface area contributed by atoms with Crippen molar-refractivity contribution in [3.63, 3.8) is 0 Å². The van der Waals surface area contributed by atoms with Crippen LogP contribution in [0, 0.1) is 11.8 Å². The molecule has 5 nitrogen and oxygen atoms in total. The first kappa shape index (κ1) is 26.5. The maximum atomic E-state index is 13.3. The third-order valence-corrected chi connectivity index (χ3v) is 7.37. The summed E-state index contributed by atoms with van der Waals surface area (Å²) >= 11 is 0. The van der Waals surface area contributed by atoms with Gasteiger partial charge in [-0.15, -0.1) is 13.2 Å². The van der Waals surface area contributed by atoms with Crippen LogP contribution in [0.25, 0.3) is 0 Å². The first-order valence-electron chi connectivity index (χ1n) is 12.9. The maximum Gasteiger partial charge on any atom is 0.573 e. The number of piperidine rings is 1. The number of halogens is 3. The summed E-state index contributed by atoms with van der Waals surface area (Å²) in [7, 11) is 0. The molecule has 0 bridgehead atoms. The van der Waals surface area contributed by atoms with Crippen molar-refractivity contribution in [2.75, 3.05) is 32.7 Å². The highest BCUT2D eigenvalue weighted by Crippen LogP contribution is 2.34. The van der Waals surface area contributed by atoms with E-state index in [1.807, 2.05) is 30.3 Å². The van der Waals surface area contributed by atoms with Gasteiger partial charge in [0, 0.05) is 32.1 Å². The highest BCUT2D eigenvalue weighted by atomic mass is 19.4. The lowest BCUT2D eigenvalue weighted by atomic mass is 9.91. The Hall–Kier alpha value is -2.58. The summed E-state index contributed by atoms with van der Waals surface area (Å²) in [5.74, 6) is 0.736. The average molecular weight is 504 g/mol. The van der Waals surface area contributed by atoms with E-state index in [4.69, 9.17) is 0 Å². The van der Waals surface area contributed by atoms with Crippen LogP contribution < -0.4 is 10.1 Å². The number of nitrogens with one attached hydrogen (secondary N) is 1. The van der Waals surface area contributed by atoms with Crippen LogP contribution in [0.15, 0.2) is 54.6 Å². The van der Waals surface area contributed by atoms with E-state index in [1.165, 1.54) is 12.1 Å². The van der Waals surface area contributed by atoms with Crippen LogP contribution in [-0.4, -0.2) is 60.8 Å². The molecule has 1 amide bonds. The molecule has 2 fully saturated rings. The van der Waals surface area contributed by atoms with Gasteiger partial charge in [0.2, 0.25) is 5.91 Å². The summed E-state index contributed by atoms with van der Waals surface area (Å²) in [4.78, 5) is 17.8. The van der Waals surface area contributed by atoms with Gasteiger partial charge < -0.3 is 15.0 Å². The monoisotopic (exact) mass is 503 g/mol. The van der Waals surface area contributed by atoms with E-state index in [9.17, 15) is 18.0 Å². The largest absolute Gasteiger partial charge is 0.573 e. The van der Waals surface area contributed by atoms with Crippen LogP contribution in [0.5, 0.6) is 5.75 Å². The minimum absolute atomic E-state index is 0.0759. The van der Waals surface area contributed by atoms with Gasteiger partial charge in [-0.25, -0.2) is 0 Å². The molecule has 0 saturated carbocycles. The molecule has 2 heterocycles. The Balaban J connectivity index is 1.54. The minimum Gasteiger partial charge on any atom is -0.406 e. The summed E-state index contributed by atoms with van der Waals surface area (Å²) in [6, 6.07) is 16.1. The van der Waals surface area contributed by atoms with E-state index in [0.717, 1.165) is 37.1 Å². The van der Waals surface area contributed by atoms with Gasteiger partial charge in [-0.05, 0) is 61.0 Å². The van der Waals surface area contributed by atoms with Crippen molar-refractivity contribution in [2.24, 2.45) is 11.8 Å². The number of carbonyl (C=O) groups excluding carboxylic acids is 1. The Kier molecular flexibility index (Phi) is 8.57. The van der Waals surface area contributed by atoms with Gasteiger partial charge in [0.1, 0.15) is 5.75 Å². The number of hydrogen-bond acceptors (Lipinski definition) is 4. The zero-order chi connectivity index (χ0) is 25.7. The van der Waals surface area contributed by atoms with E-state index < -0.39 is 6.36 Å². The topological polar surface area (TPSA) is 44.8 Å². The lowest BCUT2D eigenvalue weighted by Gasteiger charge is -2.46. The maximum absolute atomic E-state index is 13.3. The van der Waals surface area contributed by atoms with E-state index in [1.54, 1.807) is 12.1 Å². The molecule has 2 saturated heterocycles. The zero-order valence-corrected chi connectivity index (χ0v) is 21.0. The Bertz CT molecular complexity index is 976. The quantitative estimate of drug-likeness (QED) is 0.562. The number of carbonyl (C=O) groups is 1. The molecular weight excluding hydrogens is 467 g/mol. The molecule has 196 valence electrons. The fourth-order valence-corrected chi connectivity index (χ4v) is 5.50. The minimum atomic E-state index is -4.72. The van der Waals surface area contributed by atoms with Gasteiger partial charge in [-0.1, -0.05) is 56.3 Å². The first-order valence-corrected chi connectivity index (χ1v) is 12.9. The van der Waals surface area contributed by atoms with Crippen molar-refractivity contribution < 1.29 is 22.7 Å². The molecule has 2 aliphatic rings. The van der Waals surface area contributed by atoms with Crippen molar-refractivity contribution in [1.82, 2.24) is 15.1 Å². The predicted molar refractivity (Wildman–Crippen MR) is 134 cm³/mol. The van der Waals surface area contributed by atoms with Crippen LogP contribution in [-0.2, 0) is 4.79 Å². The summed E-state index contributed by atoms with van der Waals surface area (Å²) < 4.78 is 42.1. The van der Waals surface area contributed by atoms with E-state index in [-0.39, 0.29) is 29.7 Å². The molecule has 0 aromatic heterocycles. The molecule has 0 aliphatic carbocycles. The Morgan fingerprint density at radius 3 is 2.25 bits per heavy atom. The Labute approximate surface area is 211 Å². The number of ether oxygens (including phenoxy) is 1. The second-order valence-corrected chi connectivity index (χ2v) is 10.2. The van der Waals surface area contributed by atoms with Gasteiger partial charge in [0.15, 0.2) is 0 Å². The van der Waals surface area contributed by atoms with Gasteiger partial charge in [-0.2, -0.15) is 0 Å². The Morgan fingerprint density at radius 1 is 1.00 bits per heavy atom. The van der Waals surface area contributed by atoms with Crippen LogP contribution in [0.4, 0.5) is 13.2 Å². The van der Waals surface area contributed by atoms with E-state index in [0.29, 0.717) is 32.0 Å². The normalized spacial score (nSPS) is 20.9. The molecule has 0 spiro atoms. The van der Waals surface area contributed by atoms with E-state index >= 15 is 0 Å². The van der Waals surface area contributed by atoms with Gasteiger partial charge >= 0.3 is 6.36 Å². The average Bonchev–Trinajstić information content (AvgIpc) is 2.85. The first-order chi connectivity index (χ1) is 17.2. The van der Waals surface area contributed by atoms with Crippen molar-refractivity contribution in [3.8, 4) is 5.75 Å². The SMILES string of the molecule is CC(C)[C@H]1CN(C(c2ccccc2)c2ccc(OC(F)(F)F)cc2)CCN1C(=O)CC1CCNCC1. The van der Waals surface area contributed by atoms with Crippen molar-refractivity contribution in [2.45, 2.75) is 51.6 Å². The summed E-state index contributed by atoms with van der Waals surface area (Å²) in [5, 5.41) is 3.36. The molecule has 1 unspecified atom stereocenters. The summed E-state index contributed by atoms with van der Waals surface area (Å²) in [6.07, 6.45) is -2.03. The molecular formula is C28H36F3N3O2. The lowest BCUT2D eigenvalue weighted by Crippen LogP contribution is -2.58. The molecule has 2 aromatic rings. The van der Waals surface area contributed by atoms with Gasteiger partial charge in [0.05, 0.1) is 6.04 Å². The molecule has 1 N–H and O–H groups in total. The lowest BCUT2D eigenvalue weighted by molar-refractivity contribution is -0.274. The highest BCUT2D eigenvalue weighted by molar-refractivity contribution is 5.77. The van der Waals surface area contributed by atoms with Crippen LogP contribution in [0.2, 0.25) is 0 Å². The van der Waals surface area contributed by atoms with E-state index in [2.05, 4.69) is 33.7 Å². The number of benzene rings is 2. The number of nitrogens with zero attached hydrogens (tertiary/aromatic N) is 2. The predicted octanol–water partition coefficient (Wildman–Crippen LogP) is 5.23. The number of piperazine rings is 1. The molecule has 36 heavy (non-hydrogen) atoms. The smallest absolute Gasteiger partial charge is 0.406 e. The fraction of sp³-hybridized carbons (Fsp3) is 0.536. The Morgan fingerprint density at radius 2 is 1.64 bits per heavy atom.